The van der Waals surface area contributed by atoms with Gasteiger partial charge in [-0.2, -0.15) is 0 Å². The summed E-state index contributed by atoms with van der Waals surface area (Å²) < 4.78 is 9.20. The minimum absolute atomic E-state index is 0.368. The van der Waals surface area contributed by atoms with Crippen molar-refractivity contribution in [2.45, 2.75) is 0 Å². The fourth-order valence-electron chi connectivity index (χ4n) is 0.760. The molecule has 0 amide bonds. The molecule has 1 aromatic carbocycles. The standard InChI is InChI=1S/C7H3O3/c8-7-9-5-3-1-2-4-6(5)10-7/h1-3H. The van der Waals surface area contributed by atoms with E-state index in [1.165, 1.54) is 0 Å². The van der Waals surface area contributed by atoms with Crippen molar-refractivity contribution in [3.63, 3.8) is 0 Å². The predicted octanol–water partition coefficient (Wildman–Crippen LogP) is 1.19. The summed E-state index contributed by atoms with van der Waals surface area (Å²) in [7, 11) is 0. The van der Waals surface area contributed by atoms with Gasteiger partial charge in [-0.3, -0.25) is 0 Å². The van der Waals surface area contributed by atoms with Gasteiger partial charge in [-0.15, -0.1) is 0 Å². The molecule has 3 nitrogen and oxygen atoms in total. The van der Waals surface area contributed by atoms with E-state index in [4.69, 9.17) is 0 Å². The van der Waals surface area contributed by atoms with E-state index < -0.39 is 5.82 Å². The molecule has 0 bridgehead atoms. The van der Waals surface area contributed by atoms with Crippen LogP contribution in [0.5, 0.6) is 0 Å². The third-order valence-corrected chi connectivity index (χ3v) is 1.16. The molecule has 0 atom stereocenters. The minimum atomic E-state index is -0.683. The monoisotopic (exact) mass is 135 g/mol. The van der Waals surface area contributed by atoms with Crippen LogP contribution in [-0.2, 0) is 0 Å². The molecule has 3 heteroatoms. The zero-order valence-electron chi connectivity index (χ0n) is 4.96. The van der Waals surface area contributed by atoms with E-state index in [0.29, 0.717) is 11.2 Å². The lowest BCUT2D eigenvalue weighted by molar-refractivity contribution is 0.409. The molecule has 1 aromatic heterocycles. The third-order valence-electron chi connectivity index (χ3n) is 1.16. The van der Waals surface area contributed by atoms with Gasteiger partial charge in [0.1, 0.15) is 0 Å². The topological polar surface area (TPSA) is 43.4 Å². The van der Waals surface area contributed by atoms with E-state index >= 15 is 0 Å². The lowest BCUT2D eigenvalue weighted by Crippen LogP contribution is -1.84. The molecule has 1 heterocycles. The highest BCUT2D eigenvalue weighted by Gasteiger charge is 1.99. The van der Waals surface area contributed by atoms with Crippen LogP contribution in [0.25, 0.3) is 11.2 Å². The minimum Gasteiger partial charge on any atom is -0.391 e. The van der Waals surface area contributed by atoms with Crippen molar-refractivity contribution in [1.82, 2.24) is 0 Å². The van der Waals surface area contributed by atoms with Gasteiger partial charge in [0.05, 0.1) is 0 Å². The van der Waals surface area contributed by atoms with Gasteiger partial charge in [0.25, 0.3) is 0 Å². The van der Waals surface area contributed by atoms with E-state index in [-0.39, 0.29) is 0 Å². The Bertz CT molecular complexity index is 360. The third kappa shape index (κ3) is 0.639. The summed E-state index contributed by atoms with van der Waals surface area (Å²) in [5, 5.41) is 0. The summed E-state index contributed by atoms with van der Waals surface area (Å²) in [4.78, 5) is 10.4. The summed E-state index contributed by atoms with van der Waals surface area (Å²) in [6, 6.07) is 7.74. The Morgan fingerprint density at radius 2 is 2.30 bits per heavy atom. The van der Waals surface area contributed by atoms with E-state index in [1.54, 1.807) is 18.2 Å². The van der Waals surface area contributed by atoms with Gasteiger partial charge >= 0.3 is 5.82 Å². The Hall–Kier alpha value is -1.51. The van der Waals surface area contributed by atoms with Crippen molar-refractivity contribution in [2.75, 3.05) is 0 Å². The average Bonchev–Trinajstić information content (AvgIpc) is 2.27. The highest BCUT2D eigenvalue weighted by atomic mass is 16.6. The molecule has 0 N–H and O–H groups in total. The molecular formula is C7H3O3. The van der Waals surface area contributed by atoms with Crippen molar-refractivity contribution in [2.24, 2.45) is 0 Å². The molecule has 0 fully saturated rings. The highest BCUT2D eigenvalue weighted by molar-refractivity contribution is 5.68. The van der Waals surface area contributed by atoms with E-state index in [2.05, 4.69) is 14.9 Å². The Labute approximate surface area is 55.9 Å². The molecule has 0 aliphatic heterocycles. The zero-order chi connectivity index (χ0) is 6.97. The second-order valence-electron chi connectivity index (χ2n) is 1.82. The molecule has 0 aliphatic rings. The van der Waals surface area contributed by atoms with Crippen LogP contribution in [0.2, 0.25) is 0 Å². The van der Waals surface area contributed by atoms with Gasteiger partial charge in [-0.05, 0) is 6.07 Å². The summed E-state index contributed by atoms with van der Waals surface area (Å²) in [6.45, 7) is 0. The maximum Gasteiger partial charge on any atom is 0.519 e. The van der Waals surface area contributed by atoms with E-state index in [9.17, 15) is 4.79 Å². The van der Waals surface area contributed by atoms with Gasteiger partial charge in [0, 0.05) is 6.07 Å². The summed E-state index contributed by atoms with van der Waals surface area (Å²) in [5.41, 5.74) is 0.806. The Kier molecular flexibility index (Phi) is 0.917. The number of hydrogen-bond donors (Lipinski definition) is 0. The molecule has 0 saturated heterocycles. The molecular weight excluding hydrogens is 132 g/mol. The molecule has 49 valence electrons. The normalized spacial score (nSPS) is 10.4. The van der Waals surface area contributed by atoms with Gasteiger partial charge in [0.2, 0.25) is 0 Å². The molecule has 2 aromatic rings. The fourth-order valence-corrected chi connectivity index (χ4v) is 0.760. The first-order valence-electron chi connectivity index (χ1n) is 2.76. The first kappa shape index (κ1) is 5.29. The quantitative estimate of drug-likeness (QED) is 0.544. The largest absolute Gasteiger partial charge is 0.519 e. The lowest BCUT2D eigenvalue weighted by atomic mass is 10.3. The zero-order valence-corrected chi connectivity index (χ0v) is 4.96. The summed E-state index contributed by atoms with van der Waals surface area (Å²) >= 11 is 0. The first-order valence-corrected chi connectivity index (χ1v) is 2.76. The highest BCUT2D eigenvalue weighted by Crippen LogP contribution is 2.08. The predicted molar refractivity (Wildman–Crippen MR) is 33.6 cm³/mol. The molecule has 0 unspecified atom stereocenters. The summed E-state index contributed by atoms with van der Waals surface area (Å²) in [6.07, 6.45) is 0. The van der Waals surface area contributed by atoms with E-state index in [0.717, 1.165) is 0 Å². The maximum atomic E-state index is 10.4. The molecule has 1 radical (unpaired) electrons. The van der Waals surface area contributed by atoms with Crippen molar-refractivity contribution < 1.29 is 8.83 Å². The van der Waals surface area contributed by atoms with Crippen LogP contribution in [0.15, 0.2) is 31.8 Å². The van der Waals surface area contributed by atoms with Gasteiger partial charge in [0.15, 0.2) is 11.2 Å². The van der Waals surface area contributed by atoms with E-state index in [1.807, 2.05) is 0 Å². The number of benzene rings is 1. The van der Waals surface area contributed by atoms with Crippen molar-refractivity contribution in [3.05, 3.63) is 34.9 Å². The van der Waals surface area contributed by atoms with Crippen molar-refractivity contribution >= 4 is 11.2 Å². The molecule has 10 heavy (non-hydrogen) atoms. The SMILES string of the molecule is O=c1oc2[c]cccc2o1. The van der Waals surface area contributed by atoms with Gasteiger partial charge in [-0.25, -0.2) is 4.79 Å². The molecule has 0 saturated carbocycles. The number of fused-ring (bicyclic) bond motifs is 1. The number of hydrogen-bond acceptors (Lipinski definition) is 3. The Balaban J connectivity index is 3.01. The number of para-hydroxylation sites is 1. The maximum absolute atomic E-state index is 10.4. The van der Waals surface area contributed by atoms with Crippen LogP contribution in [0, 0.1) is 6.07 Å². The van der Waals surface area contributed by atoms with Gasteiger partial charge < -0.3 is 8.83 Å². The average molecular weight is 135 g/mol. The van der Waals surface area contributed by atoms with Crippen LogP contribution >= 0.6 is 0 Å². The fraction of sp³-hybridized carbons (Fsp3) is 0. The number of rotatable bonds is 0. The second-order valence-corrected chi connectivity index (χ2v) is 1.82. The van der Waals surface area contributed by atoms with Crippen LogP contribution in [0.4, 0.5) is 0 Å². The van der Waals surface area contributed by atoms with Crippen LogP contribution < -0.4 is 5.82 Å². The lowest BCUT2D eigenvalue weighted by Gasteiger charge is -1.77. The molecule has 2 rings (SSSR count). The first-order chi connectivity index (χ1) is 4.86. The summed E-state index contributed by atoms with van der Waals surface area (Å²) in [5.74, 6) is -0.683. The smallest absolute Gasteiger partial charge is 0.391 e. The van der Waals surface area contributed by atoms with Gasteiger partial charge in [-0.1, -0.05) is 12.1 Å². The Morgan fingerprint density at radius 3 is 3.10 bits per heavy atom. The van der Waals surface area contributed by atoms with Crippen molar-refractivity contribution in [1.29, 1.82) is 0 Å². The Morgan fingerprint density at radius 1 is 1.40 bits per heavy atom. The molecule has 0 aliphatic carbocycles. The van der Waals surface area contributed by atoms with Crippen LogP contribution in [-0.4, -0.2) is 0 Å². The van der Waals surface area contributed by atoms with Crippen molar-refractivity contribution in [3.8, 4) is 0 Å². The van der Waals surface area contributed by atoms with Crippen LogP contribution in [0.3, 0.4) is 0 Å². The van der Waals surface area contributed by atoms with Crippen LogP contribution in [0.1, 0.15) is 0 Å². The molecule has 0 spiro atoms. The second kappa shape index (κ2) is 1.73.